The second-order valence-electron chi connectivity index (χ2n) is 19.6. The third-order valence-corrected chi connectivity index (χ3v) is 15.0. The molecular weight excluding hydrogens is 990 g/mol. The fourth-order valence-electron chi connectivity index (χ4n) is 8.75. The third kappa shape index (κ3) is 15.7. The maximum Gasteiger partial charge on any atom is 0.267 e. The van der Waals surface area contributed by atoms with Crippen molar-refractivity contribution in [2.24, 2.45) is 5.41 Å². The molecule has 5 aromatic rings. The van der Waals surface area contributed by atoms with Crippen LogP contribution in [0.2, 0.25) is 5.02 Å². The van der Waals surface area contributed by atoms with Crippen molar-refractivity contribution in [1.29, 1.82) is 0 Å². The summed E-state index contributed by atoms with van der Waals surface area (Å²) in [6, 6.07) is 13.5. The number of likely N-dealkylation sites (tertiary alicyclic amines) is 1. The highest BCUT2D eigenvalue weighted by atomic mass is 35.5. The van der Waals surface area contributed by atoms with Crippen molar-refractivity contribution >= 4 is 80.4 Å². The first kappa shape index (κ1) is 55.1. The van der Waals surface area contributed by atoms with Gasteiger partial charge in [-0.2, -0.15) is 0 Å². The Bertz CT molecular complexity index is 2630. The number of aliphatic hydroxyl groups excluding tert-OH is 1. The van der Waals surface area contributed by atoms with Crippen LogP contribution < -0.4 is 26.2 Å². The first-order valence-electron chi connectivity index (χ1n) is 24.8. The van der Waals surface area contributed by atoms with E-state index in [0.29, 0.717) is 45.6 Å². The van der Waals surface area contributed by atoms with Crippen LogP contribution >= 0.6 is 34.3 Å². The van der Waals surface area contributed by atoms with E-state index in [1.807, 2.05) is 89.5 Å². The van der Waals surface area contributed by atoms with Gasteiger partial charge in [0.25, 0.3) is 5.91 Å². The van der Waals surface area contributed by atoms with Crippen molar-refractivity contribution in [2.45, 2.75) is 98.4 Å². The average Bonchev–Trinajstić information content (AvgIpc) is 4.12. The molecule has 2 saturated heterocycles. The number of rotatable bonds is 23. The monoisotopic (exact) mass is 1060 g/mol. The highest BCUT2D eigenvalue weighted by Gasteiger charge is 2.44. The van der Waals surface area contributed by atoms with E-state index in [0.717, 1.165) is 91.5 Å². The molecule has 0 radical (unpaired) electrons. The molecule has 73 heavy (non-hydrogen) atoms. The van der Waals surface area contributed by atoms with Gasteiger partial charge in [-0.1, -0.05) is 92.9 Å². The molecule has 18 nitrogen and oxygen atoms in total. The number of aromatic nitrogens is 4. The number of aliphatic hydroxyl groups is 1. The summed E-state index contributed by atoms with van der Waals surface area (Å²) in [6.07, 6.45) is 4.95. The standard InChI is InChI=1S/C52H68ClN11O7S2/c1-33-12-11-13-39(53)45(33)61-49(68)41-29-55-51(73-41)59-42-27-43(58-35(3)57-42)63-21-19-62(20-22-63)18-9-7-8-10-23-70-24-25-71-31-44(66)60-47(52(4,5)6)50(69)64-30-38(65)26-40(64)48(67)54-28-36-14-16-37(17-15-36)46-34(2)56-32-72-46/h11-17,27,29,32,38,40,47,65H,7-10,18-26,28,30-31H2,1-6H3,(H,54,67)(H,60,66)(H,61,68)(H,55,57,58,59)/t38-,40+,47-/m1/s1. The molecule has 2 aliphatic heterocycles. The number of unbranched alkanes of at least 4 members (excludes halogenated alkanes) is 3. The lowest BCUT2D eigenvalue weighted by Crippen LogP contribution is -2.58. The number of nitrogens with zero attached hydrogens (tertiary/aromatic N) is 7. The minimum absolute atomic E-state index is 0.00400. The highest BCUT2D eigenvalue weighted by Crippen LogP contribution is 2.31. The second kappa shape index (κ2) is 26.0. The fourth-order valence-corrected chi connectivity index (χ4v) is 10.6. The average molecular weight is 1060 g/mol. The number of para-hydroxylation sites is 1. The molecule has 2 fully saturated rings. The van der Waals surface area contributed by atoms with Crippen LogP contribution in [-0.2, 0) is 30.4 Å². The minimum atomic E-state index is -0.945. The van der Waals surface area contributed by atoms with Crippen LogP contribution in [0.5, 0.6) is 0 Å². The van der Waals surface area contributed by atoms with Crippen LogP contribution in [0, 0.1) is 26.2 Å². The van der Waals surface area contributed by atoms with E-state index in [1.54, 1.807) is 17.4 Å². The third-order valence-electron chi connectivity index (χ3n) is 12.8. The number of carbonyl (C=O) groups excluding carboxylic acids is 4. The van der Waals surface area contributed by atoms with E-state index in [1.165, 1.54) is 22.4 Å². The molecule has 3 aromatic heterocycles. The Balaban J connectivity index is 0.735. The fraction of sp³-hybridized carbons (Fsp3) is 0.500. The van der Waals surface area contributed by atoms with Crippen molar-refractivity contribution in [3.8, 4) is 10.4 Å². The number of β-amino-alcohol motifs (C(OH)–C–C–N with tert-alkyl or cyclic N) is 1. The van der Waals surface area contributed by atoms with E-state index in [2.05, 4.69) is 46.0 Å². The van der Waals surface area contributed by atoms with Gasteiger partial charge in [-0.05, 0) is 68.3 Å². The lowest BCUT2D eigenvalue weighted by molar-refractivity contribution is -0.144. The Kier molecular flexibility index (Phi) is 19.7. The van der Waals surface area contributed by atoms with E-state index in [-0.39, 0.29) is 44.5 Å². The highest BCUT2D eigenvalue weighted by molar-refractivity contribution is 7.17. The summed E-state index contributed by atoms with van der Waals surface area (Å²) in [5, 5.41) is 23.5. The summed E-state index contributed by atoms with van der Waals surface area (Å²) in [4.78, 5) is 79.1. The molecule has 3 atom stereocenters. The van der Waals surface area contributed by atoms with E-state index < -0.39 is 35.4 Å². The molecule has 21 heteroatoms. The Morgan fingerprint density at radius 3 is 2.40 bits per heavy atom. The number of hydrogen-bond acceptors (Lipinski definition) is 16. The van der Waals surface area contributed by atoms with Crippen LogP contribution in [0.25, 0.3) is 10.4 Å². The topological polar surface area (TPSA) is 216 Å². The van der Waals surface area contributed by atoms with Crippen molar-refractivity contribution in [1.82, 2.24) is 40.4 Å². The number of ether oxygens (including phenoxy) is 2. The molecule has 2 aliphatic rings. The Morgan fingerprint density at radius 2 is 1.67 bits per heavy atom. The largest absolute Gasteiger partial charge is 0.391 e. The van der Waals surface area contributed by atoms with Gasteiger partial charge in [0.15, 0.2) is 5.13 Å². The van der Waals surface area contributed by atoms with Gasteiger partial charge in [0.1, 0.15) is 41.0 Å². The van der Waals surface area contributed by atoms with Crippen molar-refractivity contribution in [2.75, 3.05) is 81.2 Å². The Labute approximate surface area is 440 Å². The van der Waals surface area contributed by atoms with Crippen molar-refractivity contribution < 1.29 is 33.8 Å². The van der Waals surface area contributed by atoms with Crippen molar-refractivity contribution in [3.63, 3.8) is 0 Å². The number of hydrogen-bond donors (Lipinski definition) is 5. The molecule has 4 amide bonds. The molecule has 0 saturated carbocycles. The molecule has 0 bridgehead atoms. The summed E-state index contributed by atoms with van der Waals surface area (Å²) in [5.41, 5.74) is 5.51. The molecule has 5 heterocycles. The SMILES string of the molecule is Cc1nc(Nc2ncc(C(=O)Nc3c(C)cccc3Cl)s2)cc(N2CCN(CCCCCCOCCOCC(=O)N[C@H](C(=O)N3C[C@H](O)C[C@H]3C(=O)NCc3ccc(-c4scnc4C)cc3)C(C)(C)C)CC2)n1. The van der Waals surface area contributed by atoms with Crippen LogP contribution in [0.1, 0.15) is 85.2 Å². The number of anilines is 4. The van der Waals surface area contributed by atoms with Crippen LogP contribution in [0.4, 0.5) is 22.5 Å². The molecule has 0 spiro atoms. The second-order valence-corrected chi connectivity index (χ2v) is 21.8. The molecule has 2 aromatic carbocycles. The van der Waals surface area contributed by atoms with Crippen molar-refractivity contribution in [3.05, 3.63) is 92.8 Å². The van der Waals surface area contributed by atoms with Gasteiger partial charge in [-0.15, -0.1) is 11.3 Å². The molecule has 0 unspecified atom stereocenters. The maximum absolute atomic E-state index is 14.0. The number of nitrogens with one attached hydrogen (secondary N) is 4. The normalized spacial score (nSPS) is 16.6. The predicted octanol–water partition coefficient (Wildman–Crippen LogP) is 7.16. The summed E-state index contributed by atoms with van der Waals surface area (Å²) in [6.45, 7) is 17.1. The number of benzene rings is 2. The number of aryl methyl sites for hydroxylation is 3. The molecule has 5 N–H and O–H groups in total. The maximum atomic E-state index is 14.0. The zero-order valence-electron chi connectivity index (χ0n) is 42.5. The number of piperazine rings is 1. The predicted molar refractivity (Wildman–Crippen MR) is 287 cm³/mol. The minimum Gasteiger partial charge on any atom is -0.391 e. The van der Waals surface area contributed by atoms with E-state index in [9.17, 15) is 24.3 Å². The molecular formula is C52H68ClN11O7S2. The molecule has 0 aliphatic carbocycles. The first-order chi connectivity index (χ1) is 35.0. The lowest BCUT2D eigenvalue weighted by Gasteiger charge is -2.35. The Hall–Kier alpha value is -5.61. The van der Waals surface area contributed by atoms with Gasteiger partial charge in [-0.25, -0.2) is 19.9 Å². The van der Waals surface area contributed by atoms with E-state index >= 15 is 0 Å². The zero-order chi connectivity index (χ0) is 52.1. The summed E-state index contributed by atoms with van der Waals surface area (Å²) < 4.78 is 11.4. The van der Waals surface area contributed by atoms with Gasteiger partial charge in [0.2, 0.25) is 17.7 Å². The van der Waals surface area contributed by atoms with Gasteiger partial charge >= 0.3 is 0 Å². The number of amides is 4. The van der Waals surface area contributed by atoms with Crippen LogP contribution in [0.15, 0.2) is 60.2 Å². The number of halogens is 1. The smallest absolute Gasteiger partial charge is 0.267 e. The van der Waals surface area contributed by atoms with Crippen LogP contribution in [0.3, 0.4) is 0 Å². The van der Waals surface area contributed by atoms with Crippen LogP contribution in [-0.4, -0.2) is 142 Å². The van der Waals surface area contributed by atoms with Gasteiger partial charge < -0.3 is 45.6 Å². The van der Waals surface area contributed by atoms with E-state index in [4.69, 9.17) is 26.1 Å². The quantitative estimate of drug-likeness (QED) is 0.0411. The molecule has 7 rings (SSSR count). The summed E-state index contributed by atoms with van der Waals surface area (Å²) in [7, 11) is 0. The summed E-state index contributed by atoms with van der Waals surface area (Å²) >= 11 is 9.12. The lowest BCUT2D eigenvalue weighted by atomic mass is 9.85. The van der Waals surface area contributed by atoms with Gasteiger partial charge in [-0.3, -0.25) is 24.1 Å². The first-order valence-corrected chi connectivity index (χ1v) is 26.9. The summed E-state index contributed by atoms with van der Waals surface area (Å²) in [5.74, 6) is 0.588. The zero-order valence-corrected chi connectivity index (χ0v) is 44.9. The number of carbonyl (C=O) groups is 4. The van der Waals surface area contributed by atoms with Gasteiger partial charge in [0.05, 0.1) is 52.3 Å². The Morgan fingerprint density at radius 1 is 0.918 bits per heavy atom. The molecule has 392 valence electrons. The number of thiazole rings is 2. The van der Waals surface area contributed by atoms with Gasteiger partial charge in [0, 0.05) is 58.4 Å².